The number of hydrogen-bond donors (Lipinski definition) is 1. The van der Waals surface area contributed by atoms with Crippen LogP contribution in [-0.2, 0) is 19.6 Å². The fraction of sp³-hybridized carbons (Fsp3) is 0.217. The lowest BCUT2D eigenvalue weighted by molar-refractivity contribution is 0.279. The van der Waals surface area contributed by atoms with Crippen LogP contribution in [0, 0.1) is 5.82 Å². The Morgan fingerprint density at radius 3 is 2.55 bits per heavy atom. The highest BCUT2D eigenvalue weighted by Crippen LogP contribution is 2.34. The lowest BCUT2D eigenvalue weighted by Crippen LogP contribution is -2.17. The van der Waals surface area contributed by atoms with E-state index in [1.54, 1.807) is 19.2 Å². The predicted molar refractivity (Wildman–Crippen MR) is 118 cm³/mol. The number of rotatable bonds is 9. The molecule has 0 heterocycles. The van der Waals surface area contributed by atoms with Gasteiger partial charge in [-0.25, -0.2) is 4.39 Å². The Hall–Kier alpha value is -2.08. The summed E-state index contributed by atoms with van der Waals surface area (Å²) in [5, 5.41) is 3.78. The van der Waals surface area contributed by atoms with Crippen LogP contribution in [0.4, 0.5) is 4.39 Å². The zero-order valence-electron chi connectivity index (χ0n) is 16.1. The molecule has 0 unspecified atom stereocenters. The van der Waals surface area contributed by atoms with Crippen molar-refractivity contribution in [3.8, 4) is 11.5 Å². The van der Waals surface area contributed by atoms with Crippen molar-refractivity contribution in [1.29, 1.82) is 0 Å². The Labute approximate surface area is 183 Å². The molecule has 0 aliphatic rings. The molecule has 0 saturated heterocycles. The van der Waals surface area contributed by atoms with Gasteiger partial charge in [-0.05, 0) is 48.4 Å². The van der Waals surface area contributed by atoms with Crippen molar-refractivity contribution in [2.45, 2.75) is 19.6 Å². The van der Waals surface area contributed by atoms with E-state index in [2.05, 4.69) is 33.4 Å². The van der Waals surface area contributed by atoms with E-state index >= 15 is 0 Å². The number of methoxy groups -OCH3 is 1. The molecule has 0 spiro atoms. The lowest BCUT2D eigenvalue weighted by atomic mass is 10.1. The standard InChI is InChI=1S/C23H22BrClFNO2/c1-28-22-12-17(14-27-11-10-16-6-3-2-4-7-16)19(24)13-23(22)29-15-18-20(25)8-5-9-21(18)26/h2-9,12-13,27H,10-11,14-15H2,1H3. The number of halogens is 3. The second-order valence-electron chi connectivity index (χ2n) is 6.50. The van der Waals surface area contributed by atoms with Gasteiger partial charge >= 0.3 is 0 Å². The molecule has 0 amide bonds. The van der Waals surface area contributed by atoms with Gasteiger partial charge in [0.25, 0.3) is 0 Å². The molecule has 3 aromatic rings. The van der Waals surface area contributed by atoms with Crippen molar-refractivity contribution in [3.63, 3.8) is 0 Å². The number of benzene rings is 3. The van der Waals surface area contributed by atoms with E-state index in [0.717, 1.165) is 23.0 Å². The monoisotopic (exact) mass is 477 g/mol. The van der Waals surface area contributed by atoms with Crippen molar-refractivity contribution in [1.82, 2.24) is 5.32 Å². The van der Waals surface area contributed by atoms with Gasteiger partial charge < -0.3 is 14.8 Å². The summed E-state index contributed by atoms with van der Waals surface area (Å²) in [7, 11) is 1.58. The third kappa shape index (κ3) is 5.95. The summed E-state index contributed by atoms with van der Waals surface area (Å²) >= 11 is 9.66. The van der Waals surface area contributed by atoms with Crippen LogP contribution in [0.1, 0.15) is 16.7 Å². The topological polar surface area (TPSA) is 30.5 Å². The van der Waals surface area contributed by atoms with Gasteiger partial charge in [-0.15, -0.1) is 0 Å². The van der Waals surface area contributed by atoms with Crippen molar-refractivity contribution in [2.24, 2.45) is 0 Å². The van der Waals surface area contributed by atoms with Crippen LogP contribution in [0.2, 0.25) is 5.02 Å². The minimum absolute atomic E-state index is 0.0168. The predicted octanol–water partition coefficient (Wildman–Crippen LogP) is 6.16. The van der Waals surface area contributed by atoms with Crippen LogP contribution in [0.15, 0.2) is 65.1 Å². The first kappa shape index (κ1) is 21.6. The summed E-state index contributed by atoms with van der Waals surface area (Å²) in [6.45, 7) is 1.56. The molecule has 3 nitrogen and oxygen atoms in total. The number of nitrogens with one attached hydrogen (secondary N) is 1. The van der Waals surface area contributed by atoms with E-state index in [4.69, 9.17) is 21.1 Å². The van der Waals surface area contributed by atoms with E-state index in [0.29, 0.717) is 28.6 Å². The fourth-order valence-electron chi connectivity index (χ4n) is 2.91. The summed E-state index contributed by atoms with van der Waals surface area (Å²) in [6, 6.07) is 18.7. The van der Waals surface area contributed by atoms with Crippen LogP contribution in [0.25, 0.3) is 0 Å². The normalized spacial score (nSPS) is 10.8. The molecular weight excluding hydrogens is 457 g/mol. The van der Waals surface area contributed by atoms with Crippen LogP contribution in [0.5, 0.6) is 11.5 Å². The third-order valence-electron chi connectivity index (χ3n) is 4.52. The molecular formula is C23H22BrClFNO2. The summed E-state index contributed by atoms with van der Waals surface area (Å²) in [5.74, 6) is 0.710. The Balaban J connectivity index is 1.62. The lowest BCUT2D eigenvalue weighted by Gasteiger charge is -2.15. The van der Waals surface area contributed by atoms with Gasteiger partial charge in [-0.1, -0.05) is 63.9 Å². The average Bonchev–Trinajstić information content (AvgIpc) is 2.72. The van der Waals surface area contributed by atoms with Gasteiger partial charge in [0.15, 0.2) is 11.5 Å². The molecule has 1 N–H and O–H groups in total. The maximum absolute atomic E-state index is 14.0. The van der Waals surface area contributed by atoms with E-state index in [1.807, 2.05) is 30.3 Å². The van der Waals surface area contributed by atoms with E-state index in [-0.39, 0.29) is 6.61 Å². The second-order valence-corrected chi connectivity index (χ2v) is 7.76. The second kappa shape index (κ2) is 10.6. The minimum atomic E-state index is -0.394. The molecule has 0 saturated carbocycles. The molecule has 29 heavy (non-hydrogen) atoms. The van der Waals surface area contributed by atoms with Gasteiger partial charge in [-0.2, -0.15) is 0 Å². The van der Waals surface area contributed by atoms with Gasteiger partial charge in [0.1, 0.15) is 12.4 Å². The minimum Gasteiger partial charge on any atom is -0.493 e. The smallest absolute Gasteiger partial charge is 0.162 e. The highest BCUT2D eigenvalue weighted by molar-refractivity contribution is 9.10. The molecule has 152 valence electrons. The van der Waals surface area contributed by atoms with Crippen molar-refractivity contribution < 1.29 is 13.9 Å². The van der Waals surface area contributed by atoms with E-state index < -0.39 is 5.82 Å². The average molecular weight is 479 g/mol. The molecule has 0 atom stereocenters. The quantitative estimate of drug-likeness (QED) is 0.374. The van der Waals surface area contributed by atoms with Crippen LogP contribution >= 0.6 is 27.5 Å². The number of ether oxygens (including phenoxy) is 2. The van der Waals surface area contributed by atoms with Crippen LogP contribution in [-0.4, -0.2) is 13.7 Å². The SMILES string of the molecule is COc1cc(CNCCc2ccccc2)c(Br)cc1OCc1c(F)cccc1Cl. The third-order valence-corrected chi connectivity index (χ3v) is 5.61. The van der Waals surface area contributed by atoms with Crippen molar-refractivity contribution in [2.75, 3.05) is 13.7 Å². The van der Waals surface area contributed by atoms with Crippen molar-refractivity contribution in [3.05, 3.63) is 92.7 Å². The van der Waals surface area contributed by atoms with Gasteiger partial charge in [0.05, 0.1) is 12.1 Å². The highest BCUT2D eigenvalue weighted by atomic mass is 79.9. The Bertz CT molecular complexity index is 933. The Morgan fingerprint density at radius 1 is 1.03 bits per heavy atom. The summed E-state index contributed by atoms with van der Waals surface area (Å²) in [6.07, 6.45) is 0.959. The summed E-state index contributed by atoms with van der Waals surface area (Å²) in [5.41, 5.74) is 2.66. The maximum Gasteiger partial charge on any atom is 0.162 e. The van der Waals surface area contributed by atoms with Gasteiger partial charge in [0.2, 0.25) is 0 Å². The highest BCUT2D eigenvalue weighted by Gasteiger charge is 2.13. The Morgan fingerprint density at radius 2 is 1.83 bits per heavy atom. The Kier molecular flexibility index (Phi) is 7.92. The molecule has 0 aromatic heterocycles. The molecule has 6 heteroatoms. The van der Waals surface area contributed by atoms with Crippen molar-refractivity contribution >= 4 is 27.5 Å². The molecule has 0 aliphatic carbocycles. The maximum atomic E-state index is 14.0. The van der Waals surface area contributed by atoms with E-state index in [9.17, 15) is 4.39 Å². The molecule has 0 aliphatic heterocycles. The molecule has 3 aromatic carbocycles. The fourth-order valence-corrected chi connectivity index (χ4v) is 3.59. The molecule has 0 bridgehead atoms. The van der Waals surface area contributed by atoms with Crippen LogP contribution in [0.3, 0.4) is 0 Å². The first-order valence-corrected chi connectivity index (χ1v) is 10.4. The zero-order chi connectivity index (χ0) is 20.6. The summed E-state index contributed by atoms with van der Waals surface area (Å²) < 4.78 is 26.1. The molecule has 0 fully saturated rings. The summed E-state index contributed by atoms with van der Waals surface area (Å²) in [4.78, 5) is 0. The molecule has 3 rings (SSSR count). The number of hydrogen-bond acceptors (Lipinski definition) is 3. The first-order valence-electron chi connectivity index (χ1n) is 9.25. The van der Waals surface area contributed by atoms with E-state index in [1.165, 1.54) is 11.6 Å². The largest absolute Gasteiger partial charge is 0.493 e. The van der Waals surface area contributed by atoms with Crippen LogP contribution < -0.4 is 14.8 Å². The first-order chi connectivity index (χ1) is 14.1. The van der Waals surface area contributed by atoms with Gasteiger partial charge in [-0.3, -0.25) is 0 Å². The zero-order valence-corrected chi connectivity index (χ0v) is 18.4. The molecule has 0 radical (unpaired) electrons. The van der Waals surface area contributed by atoms with Gasteiger partial charge in [0, 0.05) is 16.6 Å².